The first-order valence-corrected chi connectivity index (χ1v) is 14.5. The van der Waals surface area contributed by atoms with Crippen LogP contribution in [0.5, 0.6) is 0 Å². The Hall–Kier alpha value is -4.73. The van der Waals surface area contributed by atoms with Gasteiger partial charge in [-0.05, 0) is 18.2 Å². The lowest BCUT2D eigenvalue weighted by Crippen LogP contribution is -2.41. The van der Waals surface area contributed by atoms with Crippen LogP contribution in [0.4, 0.5) is 17.1 Å². The van der Waals surface area contributed by atoms with Gasteiger partial charge in [-0.3, -0.25) is 24.1 Å². The van der Waals surface area contributed by atoms with Crippen LogP contribution < -0.4 is 21.3 Å². The van der Waals surface area contributed by atoms with Crippen molar-refractivity contribution >= 4 is 52.0 Å². The Balaban J connectivity index is 1.17. The standard InChI is InChI=1S/C28H33N9O5S/c1-34-15-18(12-21(34)24(38)29-4-6-37-7-9-42-10-8-37)31-25(39)22-13-19(16-35(22)2)32-26(40)23-14-20(17-36(23)3)33-27(41)28-30-5-11-43-28/h5,11-17H,4,6-10H2,1-3H3,(H,29,38)(H,31,39)(H,32,40)(H,33,41). The van der Waals surface area contributed by atoms with E-state index in [0.717, 1.165) is 19.6 Å². The summed E-state index contributed by atoms with van der Waals surface area (Å²) in [5, 5.41) is 13.3. The highest BCUT2D eigenvalue weighted by atomic mass is 32.1. The Morgan fingerprint density at radius 1 is 0.767 bits per heavy atom. The summed E-state index contributed by atoms with van der Waals surface area (Å²) in [4.78, 5) is 57.3. The number of thiazole rings is 1. The zero-order chi connectivity index (χ0) is 30.5. The largest absolute Gasteiger partial charge is 0.379 e. The third-order valence-electron chi connectivity index (χ3n) is 6.93. The second-order valence-electron chi connectivity index (χ2n) is 10.1. The van der Waals surface area contributed by atoms with Crippen LogP contribution in [0.2, 0.25) is 0 Å². The van der Waals surface area contributed by atoms with Crippen LogP contribution in [0.1, 0.15) is 41.3 Å². The average molecular weight is 608 g/mol. The molecule has 0 aliphatic carbocycles. The minimum absolute atomic E-state index is 0.230. The number of aryl methyl sites for hydroxylation is 3. The summed E-state index contributed by atoms with van der Waals surface area (Å²) in [6, 6.07) is 4.74. The molecule has 1 aliphatic rings. The van der Waals surface area contributed by atoms with Gasteiger partial charge in [0.2, 0.25) is 0 Å². The molecule has 4 N–H and O–H groups in total. The molecule has 1 aliphatic heterocycles. The van der Waals surface area contributed by atoms with Crippen molar-refractivity contribution in [1.29, 1.82) is 0 Å². The highest BCUT2D eigenvalue weighted by Crippen LogP contribution is 2.20. The van der Waals surface area contributed by atoms with E-state index in [1.807, 2.05) is 0 Å². The van der Waals surface area contributed by atoms with Crippen molar-refractivity contribution in [1.82, 2.24) is 28.9 Å². The minimum atomic E-state index is -0.415. The molecule has 226 valence electrons. The third kappa shape index (κ3) is 7.20. The van der Waals surface area contributed by atoms with Gasteiger partial charge in [0.05, 0.1) is 30.3 Å². The predicted molar refractivity (Wildman–Crippen MR) is 162 cm³/mol. The number of carbonyl (C=O) groups is 4. The van der Waals surface area contributed by atoms with Crippen molar-refractivity contribution in [3.63, 3.8) is 0 Å². The number of aromatic nitrogens is 4. The number of carbonyl (C=O) groups excluding carboxylic acids is 4. The number of ether oxygens (including phenoxy) is 1. The topological polar surface area (TPSA) is 157 Å². The lowest BCUT2D eigenvalue weighted by molar-refractivity contribution is 0.0383. The Kier molecular flexibility index (Phi) is 9.04. The van der Waals surface area contributed by atoms with E-state index < -0.39 is 11.8 Å². The fourth-order valence-electron chi connectivity index (χ4n) is 4.73. The fourth-order valence-corrected chi connectivity index (χ4v) is 5.26. The molecule has 15 heteroatoms. The van der Waals surface area contributed by atoms with Crippen LogP contribution in [0, 0.1) is 0 Å². The van der Waals surface area contributed by atoms with Crippen molar-refractivity contribution < 1.29 is 23.9 Å². The fraction of sp³-hybridized carbons (Fsp3) is 0.321. The number of rotatable bonds is 10. The first-order chi connectivity index (χ1) is 20.7. The van der Waals surface area contributed by atoms with Crippen molar-refractivity contribution in [2.24, 2.45) is 21.1 Å². The summed E-state index contributed by atoms with van der Waals surface area (Å²) in [6.45, 7) is 4.35. The van der Waals surface area contributed by atoms with Crippen LogP contribution in [-0.2, 0) is 25.9 Å². The molecular weight excluding hydrogens is 574 g/mol. The SMILES string of the molecule is Cn1cc(NC(=O)c2cc(NC(=O)c3cc(NC(=O)c4nccs4)cn3C)cn2C)cc1C(=O)NCCN1CCOCC1. The maximum absolute atomic E-state index is 13.1. The van der Waals surface area contributed by atoms with Gasteiger partial charge in [-0.15, -0.1) is 11.3 Å². The van der Waals surface area contributed by atoms with Crippen molar-refractivity contribution in [3.05, 3.63) is 70.5 Å². The van der Waals surface area contributed by atoms with E-state index in [1.165, 1.54) is 11.3 Å². The number of morpholine rings is 1. The maximum atomic E-state index is 13.1. The molecule has 0 atom stereocenters. The molecule has 0 bridgehead atoms. The lowest BCUT2D eigenvalue weighted by atomic mass is 10.3. The molecule has 0 unspecified atom stereocenters. The van der Waals surface area contributed by atoms with Crippen molar-refractivity contribution in [2.45, 2.75) is 0 Å². The monoisotopic (exact) mass is 607 g/mol. The number of nitrogens with zero attached hydrogens (tertiary/aromatic N) is 5. The van der Waals surface area contributed by atoms with E-state index in [0.29, 0.717) is 58.9 Å². The molecule has 1 saturated heterocycles. The smallest absolute Gasteiger partial charge is 0.284 e. The summed E-state index contributed by atoms with van der Waals surface area (Å²) in [6.07, 6.45) is 6.46. The first-order valence-electron chi connectivity index (χ1n) is 13.6. The van der Waals surface area contributed by atoms with Crippen LogP contribution in [-0.4, -0.2) is 86.6 Å². The van der Waals surface area contributed by atoms with E-state index in [-0.39, 0.29) is 11.8 Å². The van der Waals surface area contributed by atoms with Crippen LogP contribution in [0.3, 0.4) is 0 Å². The Labute approximate surface area is 251 Å². The molecule has 43 heavy (non-hydrogen) atoms. The summed E-state index contributed by atoms with van der Waals surface area (Å²) in [5.74, 6) is -1.41. The molecule has 0 saturated carbocycles. The summed E-state index contributed by atoms with van der Waals surface area (Å²) in [7, 11) is 5.12. The van der Waals surface area contributed by atoms with Crippen molar-refractivity contribution in [2.75, 3.05) is 55.3 Å². The van der Waals surface area contributed by atoms with Crippen LogP contribution in [0.15, 0.2) is 48.4 Å². The number of nitrogens with one attached hydrogen (secondary N) is 4. The van der Waals surface area contributed by atoms with Crippen LogP contribution >= 0.6 is 11.3 Å². The van der Waals surface area contributed by atoms with Gasteiger partial charge in [0.25, 0.3) is 23.6 Å². The Bertz CT molecular complexity index is 1630. The predicted octanol–water partition coefficient (Wildman–Crippen LogP) is 1.98. The molecule has 4 amide bonds. The second kappa shape index (κ2) is 13.1. The first kappa shape index (κ1) is 29.8. The van der Waals surface area contributed by atoms with Gasteiger partial charge in [-0.1, -0.05) is 0 Å². The average Bonchev–Trinajstić information content (AvgIpc) is 3.77. The summed E-state index contributed by atoms with van der Waals surface area (Å²) in [5.41, 5.74) is 2.37. The van der Waals surface area contributed by atoms with E-state index in [1.54, 1.807) is 83.2 Å². The zero-order valence-electron chi connectivity index (χ0n) is 24.0. The van der Waals surface area contributed by atoms with E-state index in [4.69, 9.17) is 4.74 Å². The molecule has 5 heterocycles. The van der Waals surface area contributed by atoms with E-state index >= 15 is 0 Å². The maximum Gasteiger partial charge on any atom is 0.284 e. The minimum Gasteiger partial charge on any atom is -0.379 e. The highest BCUT2D eigenvalue weighted by Gasteiger charge is 2.19. The van der Waals surface area contributed by atoms with Gasteiger partial charge in [-0.25, -0.2) is 4.98 Å². The molecular formula is C28H33N9O5S. The summed E-state index contributed by atoms with van der Waals surface area (Å²) < 4.78 is 10.2. The summed E-state index contributed by atoms with van der Waals surface area (Å²) >= 11 is 1.22. The van der Waals surface area contributed by atoms with Gasteiger partial charge in [-0.2, -0.15) is 0 Å². The molecule has 0 spiro atoms. The number of hydrogen-bond donors (Lipinski definition) is 4. The second-order valence-corrected chi connectivity index (χ2v) is 11.0. The normalized spacial score (nSPS) is 13.5. The van der Waals surface area contributed by atoms with E-state index in [9.17, 15) is 19.2 Å². The Morgan fingerprint density at radius 3 is 1.74 bits per heavy atom. The van der Waals surface area contributed by atoms with Gasteiger partial charge in [0, 0.05) is 77.5 Å². The van der Waals surface area contributed by atoms with E-state index in [2.05, 4.69) is 31.2 Å². The Morgan fingerprint density at radius 2 is 1.26 bits per heavy atom. The number of amides is 4. The van der Waals surface area contributed by atoms with Crippen molar-refractivity contribution in [3.8, 4) is 0 Å². The number of hydrogen-bond acceptors (Lipinski definition) is 8. The van der Waals surface area contributed by atoms with Gasteiger partial charge in [0.1, 0.15) is 17.1 Å². The lowest BCUT2D eigenvalue weighted by Gasteiger charge is -2.26. The van der Waals surface area contributed by atoms with Gasteiger partial charge < -0.3 is 39.7 Å². The van der Waals surface area contributed by atoms with Gasteiger partial charge in [0.15, 0.2) is 5.01 Å². The van der Waals surface area contributed by atoms with Gasteiger partial charge >= 0.3 is 0 Å². The highest BCUT2D eigenvalue weighted by molar-refractivity contribution is 7.11. The number of anilines is 3. The molecule has 4 aromatic heterocycles. The zero-order valence-corrected chi connectivity index (χ0v) is 24.9. The quantitative estimate of drug-likeness (QED) is 0.215. The van der Waals surface area contributed by atoms with Crippen LogP contribution in [0.25, 0.3) is 0 Å². The molecule has 0 radical (unpaired) electrons. The third-order valence-corrected chi connectivity index (χ3v) is 7.70. The molecule has 4 aromatic rings. The molecule has 14 nitrogen and oxygen atoms in total. The molecule has 0 aromatic carbocycles. The molecule has 5 rings (SSSR count). The molecule has 1 fully saturated rings.